The molecule has 0 saturated heterocycles. The van der Waals surface area contributed by atoms with Gasteiger partial charge in [0.25, 0.3) is 5.91 Å². The second kappa shape index (κ2) is 9.01. The molecule has 6 nitrogen and oxygen atoms in total. The molecular formula is C23H22N2O4. The molecule has 0 heterocycles. The Bertz CT molecular complexity index is 951. The van der Waals surface area contributed by atoms with Crippen LogP contribution in [0.25, 0.3) is 0 Å². The van der Waals surface area contributed by atoms with Crippen LogP contribution in [0.4, 0.5) is 5.69 Å². The first kappa shape index (κ1) is 20.1. The van der Waals surface area contributed by atoms with E-state index in [1.807, 2.05) is 67.6 Å². The van der Waals surface area contributed by atoms with E-state index in [-0.39, 0.29) is 30.0 Å². The highest BCUT2D eigenvalue weighted by Gasteiger charge is 2.24. The second-order valence-corrected chi connectivity index (χ2v) is 6.75. The SMILES string of the molecule is Cc1ccc([N+](=O)[O-])c(OCC(=O)N(C)C(c2ccccc2)c2ccccc2)c1. The number of aryl methyl sites for hydroxylation is 1. The van der Waals surface area contributed by atoms with Gasteiger partial charge in [0.2, 0.25) is 0 Å². The highest BCUT2D eigenvalue weighted by molar-refractivity contribution is 5.78. The van der Waals surface area contributed by atoms with Gasteiger partial charge in [-0.15, -0.1) is 0 Å². The number of likely N-dealkylation sites (N-methyl/N-ethyl adjacent to an activating group) is 1. The number of rotatable bonds is 7. The molecule has 29 heavy (non-hydrogen) atoms. The van der Waals surface area contributed by atoms with Crippen LogP contribution in [0.2, 0.25) is 0 Å². The number of carbonyl (C=O) groups excluding carboxylic acids is 1. The number of nitrogens with zero attached hydrogens (tertiary/aromatic N) is 2. The van der Waals surface area contributed by atoms with Crippen LogP contribution in [-0.4, -0.2) is 29.4 Å². The van der Waals surface area contributed by atoms with Gasteiger partial charge in [0.05, 0.1) is 11.0 Å². The molecule has 0 fully saturated rings. The molecule has 0 saturated carbocycles. The summed E-state index contributed by atoms with van der Waals surface area (Å²) in [5.41, 5.74) is 2.60. The maximum Gasteiger partial charge on any atom is 0.310 e. The van der Waals surface area contributed by atoms with Gasteiger partial charge in [0, 0.05) is 13.1 Å². The largest absolute Gasteiger partial charge is 0.477 e. The number of nitro groups is 1. The van der Waals surface area contributed by atoms with Gasteiger partial charge in [-0.25, -0.2) is 0 Å². The van der Waals surface area contributed by atoms with E-state index in [1.165, 1.54) is 6.07 Å². The van der Waals surface area contributed by atoms with E-state index in [9.17, 15) is 14.9 Å². The van der Waals surface area contributed by atoms with Crippen LogP contribution in [0.3, 0.4) is 0 Å². The molecule has 0 N–H and O–H groups in total. The van der Waals surface area contributed by atoms with E-state index in [1.54, 1.807) is 24.1 Å². The summed E-state index contributed by atoms with van der Waals surface area (Å²) in [6, 6.07) is 23.7. The Kier molecular flexibility index (Phi) is 6.24. The molecule has 3 aromatic carbocycles. The molecular weight excluding hydrogens is 368 g/mol. The predicted octanol–water partition coefficient (Wildman–Crippen LogP) is 4.53. The van der Waals surface area contributed by atoms with Crippen molar-refractivity contribution >= 4 is 11.6 Å². The first-order valence-corrected chi connectivity index (χ1v) is 9.21. The number of hydrogen-bond acceptors (Lipinski definition) is 4. The van der Waals surface area contributed by atoms with Crippen LogP contribution in [0.5, 0.6) is 5.75 Å². The maximum absolute atomic E-state index is 12.9. The Hall–Kier alpha value is -3.67. The van der Waals surface area contributed by atoms with Crippen molar-refractivity contribution in [2.24, 2.45) is 0 Å². The molecule has 0 aliphatic rings. The fraction of sp³-hybridized carbons (Fsp3) is 0.174. The normalized spacial score (nSPS) is 10.6. The lowest BCUT2D eigenvalue weighted by molar-refractivity contribution is -0.385. The van der Waals surface area contributed by atoms with Crippen molar-refractivity contribution in [1.82, 2.24) is 4.90 Å². The van der Waals surface area contributed by atoms with Gasteiger partial charge in [0.15, 0.2) is 12.4 Å². The molecule has 3 rings (SSSR count). The molecule has 0 aliphatic heterocycles. The third-order valence-corrected chi connectivity index (χ3v) is 4.67. The second-order valence-electron chi connectivity index (χ2n) is 6.75. The van der Waals surface area contributed by atoms with Crippen LogP contribution in [0, 0.1) is 17.0 Å². The van der Waals surface area contributed by atoms with E-state index in [0.717, 1.165) is 16.7 Å². The molecule has 0 aliphatic carbocycles. The number of benzene rings is 3. The van der Waals surface area contributed by atoms with Crippen LogP contribution >= 0.6 is 0 Å². The average molecular weight is 390 g/mol. The molecule has 3 aromatic rings. The van der Waals surface area contributed by atoms with Gasteiger partial charge in [-0.3, -0.25) is 14.9 Å². The summed E-state index contributed by atoms with van der Waals surface area (Å²) < 4.78 is 5.55. The van der Waals surface area contributed by atoms with E-state index >= 15 is 0 Å². The van der Waals surface area contributed by atoms with Gasteiger partial charge >= 0.3 is 5.69 Å². The Morgan fingerprint density at radius 3 is 2.07 bits per heavy atom. The first-order chi connectivity index (χ1) is 14.0. The minimum atomic E-state index is -0.514. The molecule has 0 atom stereocenters. The minimum absolute atomic E-state index is 0.0905. The van der Waals surface area contributed by atoms with Crippen molar-refractivity contribution in [2.75, 3.05) is 13.7 Å². The van der Waals surface area contributed by atoms with Crippen LogP contribution < -0.4 is 4.74 Å². The zero-order chi connectivity index (χ0) is 20.8. The Morgan fingerprint density at radius 2 is 1.55 bits per heavy atom. The van der Waals surface area contributed by atoms with Crippen molar-refractivity contribution in [2.45, 2.75) is 13.0 Å². The van der Waals surface area contributed by atoms with E-state index < -0.39 is 4.92 Å². The summed E-state index contributed by atoms with van der Waals surface area (Å²) in [6.45, 7) is 1.52. The first-order valence-electron chi connectivity index (χ1n) is 9.21. The molecule has 0 aromatic heterocycles. The molecule has 6 heteroatoms. The smallest absolute Gasteiger partial charge is 0.310 e. The predicted molar refractivity (Wildman–Crippen MR) is 111 cm³/mol. The van der Waals surface area contributed by atoms with Crippen LogP contribution in [0.15, 0.2) is 78.9 Å². The van der Waals surface area contributed by atoms with E-state index in [2.05, 4.69) is 0 Å². The average Bonchev–Trinajstić information content (AvgIpc) is 2.73. The third kappa shape index (κ3) is 4.79. The van der Waals surface area contributed by atoms with Crippen LogP contribution in [-0.2, 0) is 4.79 Å². The summed E-state index contributed by atoms with van der Waals surface area (Å²) in [4.78, 5) is 25.2. The highest BCUT2D eigenvalue weighted by Crippen LogP contribution is 2.29. The zero-order valence-corrected chi connectivity index (χ0v) is 16.3. The topological polar surface area (TPSA) is 72.7 Å². The monoisotopic (exact) mass is 390 g/mol. The molecule has 1 amide bonds. The summed E-state index contributed by atoms with van der Waals surface area (Å²) in [7, 11) is 1.71. The summed E-state index contributed by atoms with van der Waals surface area (Å²) >= 11 is 0. The fourth-order valence-electron chi connectivity index (χ4n) is 3.18. The van der Waals surface area contributed by atoms with Crippen molar-refractivity contribution in [1.29, 1.82) is 0 Å². The van der Waals surface area contributed by atoms with Gasteiger partial charge < -0.3 is 9.64 Å². The lowest BCUT2D eigenvalue weighted by Gasteiger charge is -2.29. The number of amides is 1. The summed E-state index contributed by atoms with van der Waals surface area (Å²) in [5.74, 6) is -0.189. The number of ether oxygens (including phenoxy) is 1. The Labute approximate surface area is 169 Å². The van der Waals surface area contributed by atoms with E-state index in [0.29, 0.717) is 0 Å². The standard InChI is InChI=1S/C23H22N2O4/c1-17-13-14-20(25(27)28)21(15-17)29-16-22(26)24(2)23(18-9-5-3-6-10-18)19-11-7-4-8-12-19/h3-15,23H,16H2,1-2H3. The fourth-order valence-corrected chi connectivity index (χ4v) is 3.18. The Balaban J connectivity index is 1.82. The minimum Gasteiger partial charge on any atom is -0.477 e. The van der Waals surface area contributed by atoms with Gasteiger partial charge in [-0.05, 0) is 29.7 Å². The molecule has 0 bridgehead atoms. The summed E-state index contributed by atoms with van der Waals surface area (Å²) in [5, 5.41) is 11.2. The van der Waals surface area contributed by atoms with Gasteiger partial charge in [0.1, 0.15) is 0 Å². The van der Waals surface area contributed by atoms with Gasteiger partial charge in [-0.2, -0.15) is 0 Å². The lowest BCUT2D eigenvalue weighted by atomic mass is 9.97. The van der Waals surface area contributed by atoms with Crippen molar-refractivity contribution in [3.8, 4) is 5.75 Å². The van der Waals surface area contributed by atoms with Crippen molar-refractivity contribution < 1.29 is 14.5 Å². The Morgan fingerprint density at radius 1 is 1.00 bits per heavy atom. The quantitative estimate of drug-likeness (QED) is 0.439. The zero-order valence-electron chi connectivity index (χ0n) is 16.3. The van der Waals surface area contributed by atoms with Crippen molar-refractivity contribution in [3.05, 3.63) is 106 Å². The number of hydrogen-bond donors (Lipinski definition) is 0. The maximum atomic E-state index is 12.9. The number of carbonyl (C=O) groups is 1. The van der Waals surface area contributed by atoms with Crippen molar-refractivity contribution in [3.63, 3.8) is 0 Å². The molecule has 0 unspecified atom stereocenters. The van der Waals surface area contributed by atoms with E-state index in [4.69, 9.17) is 4.74 Å². The van der Waals surface area contributed by atoms with Gasteiger partial charge in [-0.1, -0.05) is 66.7 Å². The third-order valence-electron chi connectivity index (χ3n) is 4.67. The number of nitro benzene ring substituents is 1. The van der Waals surface area contributed by atoms with Crippen LogP contribution in [0.1, 0.15) is 22.7 Å². The molecule has 0 radical (unpaired) electrons. The lowest BCUT2D eigenvalue weighted by Crippen LogP contribution is -2.35. The molecule has 0 spiro atoms. The molecule has 148 valence electrons. The summed E-state index contributed by atoms with van der Waals surface area (Å²) in [6.07, 6.45) is 0. The highest BCUT2D eigenvalue weighted by atomic mass is 16.6.